The van der Waals surface area contributed by atoms with Crippen molar-refractivity contribution in [2.24, 2.45) is 0 Å². The molecule has 1 atom stereocenters. The summed E-state index contributed by atoms with van der Waals surface area (Å²) < 4.78 is 11.3. The Morgan fingerprint density at radius 1 is 1.30 bits per heavy atom. The van der Waals surface area contributed by atoms with Crippen molar-refractivity contribution in [3.8, 4) is 0 Å². The summed E-state index contributed by atoms with van der Waals surface area (Å²) in [6.07, 6.45) is 5.57. The van der Waals surface area contributed by atoms with E-state index in [1.165, 1.54) is 11.1 Å². The molecular formula is C17H24O3. The molecule has 1 aliphatic carbocycles. The monoisotopic (exact) mass is 276 g/mol. The third-order valence-corrected chi connectivity index (χ3v) is 4.85. The maximum atomic E-state index is 10.8. The lowest BCUT2D eigenvalue weighted by atomic mass is 9.78. The first-order valence-electron chi connectivity index (χ1n) is 7.65. The van der Waals surface area contributed by atoms with Crippen molar-refractivity contribution < 1.29 is 14.6 Å². The molecular weight excluding hydrogens is 252 g/mol. The lowest BCUT2D eigenvalue weighted by Crippen LogP contribution is -2.38. The Morgan fingerprint density at radius 3 is 2.80 bits per heavy atom. The van der Waals surface area contributed by atoms with Crippen molar-refractivity contribution in [3.63, 3.8) is 0 Å². The van der Waals surface area contributed by atoms with Gasteiger partial charge in [-0.15, -0.1) is 0 Å². The van der Waals surface area contributed by atoms with E-state index >= 15 is 0 Å². The third-order valence-electron chi connectivity index (χ3n) is 4.85. The Labute approximate surface area is 120 Å². The molecule has 0 saturated heterocycles. The largest absolute Gasteiger partial charge is 0.390 e. The lowest BCUT2D eigenvalue weighted by Gasteiger charge is -2.39. The zero-order chi connectivity index (χ0) is 14.0. The van der Waals surface area contributed by atoms with Gasteiger partial charge in [0.2, 0.25) is 0 Å². The van der Waals surface area contributed by atoms with Crippen LogP contribution in [0.2, 0.25) is 0 Å². The summed E-state index contributed by atoms with van der Waals surface area (Å²) in [5.74, 6) is 0. The van der Waals surface area contributed by atoms with Gasteiger partial charge in [-0.2, -0.15) is 0 Å². The van der Waals surface area contributed by atoms with Gasteiger partial charge in [-0.1, -0.05) is 24.3 Å². The zero-order valence-corrected chi connectivity index (χ0v) is 12.2. The van der Waals surface area contributed by atoms with Crippen LogP contribution in [-0.2, 0) is 15.9 Å². The molecule has 1 saturated carbocycles. The van der Waals surface area contributed by atoms with E-state index in [2.05, 4.69) is 24.3 Å². The van der Waals surface area contributed by atoms with Gasteiger partial charge in [-0.3, -0.25) is 0 Å². The van der Waals surface area contributed by atoms with Gasteiger partial charge in [-0.25, -0.2) is 0 Å². The quantitative estimate of drug-likeness (QED) is 0.922. The molecule has 1 aliphatic heterocycles. The van der Waals surface area contributed by atoms with Crippen LogP contribution in [-0.4, -0.2) is 30.5 Å². The van der Waals surface area contributed by atoms with Gasteiger partial charge in [-0.05, 0) is 43.2 Å². The Hall–Kier alpha value is -0.900. The predicted octanol–water partition coefficient (Wildman–Crippen LogP) is 3.01. The molecule has 0 amide bonds. The Balaban J connectivity index is 1.69. The van der Waals surface area contributed by atoms with Gasteiger partial charge >= 0.3 is 0 Å². The SMILES string of the molecule is COC1CCC(O)(CC2OCCc3ccccc32)CC1. The van der Waals surface area contributed by atoms with Crippen LogP contribution < -0.4 is 0 Å². The average molecular weight is 276 g/mol. The molecule has 1 heterocycles. The number of methoxy groups -OCH3 is 1. The number of rotatable bonds is 3. The fraction of sp³-hybridized carbons (Fsp3) is 0.647. The molecule has 1 N–H and O–H groups in total. The normalized spacial score (nSPS) is 33.7. The van der Waals surface area contributed by atoms with Crippen LogP contribution in [0.3, 0.4) is 0 Å². The highest BCUT2D eigenvalue weighted by atomic mass is 16.5. The number of aliphatic hydroxyl groups is 1. The molecule has 20 heavy (non-hydrogen) atoms. The molecule has 0 aromatic heterocycles. The van der Waals surface area contributed by atoms with Gasteiger partial charge in [0, 0.05) is 13.5 Å². The Kier molecular flexibility index (Phi) is 4.11. The maximum Gasteiger partial charge on any atom is 0.0855 e. The Morgan fingerprint density at radius 2 is 2.05 bits per heavy atom. The van der Waals surface area contributed by atoms with Crippen molar-refractivity contribution in [2.75, 3.05) is 13.7 Å². The number of hydrogen-bond acceptors (Lipinski definition) is 3. The second-order valence-corrected chi connectivity index (χ2v) is 6.17. The van der Waals surface area contributed by atoms with E-state index in [0.29, 0.717) is 12.5 Å². The van der Waals surface area contributed by atoms with Crippen LogP contribution in [0.15, 0.2) is 24.3 Å². The molecule has 3 nitrogen and oxygen atoms in total. The first-order valence-corrected chi connectivity index (χ1v) is 7.65. The molecule has 0 radical (unpaired) electrons. The fourth-order valence-corrected chi connectivity index (χ4v) is 3.56. The molecule has 0 spiro atoms. The fourth-order valence-electron chi connectivity index (χ4n) is 3.56. The van der Waals surface area contributed by atoms with Crippen molar-refractivity contribution >= 4 is 0 Å². The molecule has 3 rings (SSSR count). The molecule has 1 fully saturated rings. The van der Waals surface area contributed by atoms with Crippen LogP contribution >= 0.6 is 0 Å². The standard InChI is InChI=1S/C17H24O3/c1-19-14-6-9-17(18,10-7-14)12-16-15-5-3-2-4-13(15)8-11-20-16/h2-5,14,16,18H,6-12H2,1H3. The summed E-state index contributed by atoms with van der Waals surface area (Å²) in [6.45, 7) is 0.762. The summed E-state index contributed by atoms with van der Waals surface area (Å²) in [4.78, 5) is 0. The second-order valence-electron chi connectivity index (χ2n) is 6.17. The van der Waals surface area contributed by atoms with Crippen molar-refractivity contribution in [1.29, 1.82) is 0 Å². The minimum Gasteiger partial charge on any atom is -0.390 e. The Bertz CT molecular complexity index is 449. The smallest absolute Gasteiger partial charge is 0.0855 e. The first kappa shape index (κ1) is 14.1. The van der Waals surface area contributed by atoms with E-state index in [-0.39, 0.29) is 6.10 Å². The summed E-state index contributed by atoms with van der Waals surface area (Å²) in [5, 5.41) is 10.8. The minimum atomic E-state index is -0.593. The number of fused-ring (bicyclic) bond motifs is 1. The maximum absolute atomic E-state index is 10.8. The highest BCUT2D eigenvalue weighted by Crippen LogP contribution is 2.40. The summed E-state index contributed by atoms with van der Waals surface area (Å²) >= 11 is 0. The van der Waals surface area contributed by atoms with Crippen LogP contribution in [0.5, 0.6) is 0 Å². The number of benzene rings is 1. The zero-order valence-electron chi connectivity index (χ0n) is 12.2. The van der Waals surface area contributed by atoms with Crippen LogP contribution in [0, 0.1) is 0 Å². The molecule has 0 bridgehead atoms. The number of hydrogen-bond donors (Lipinski definition) is 1. The van der Waals surface area contributed by atoms with Gasteiger partial charge in [0.1, 0.15) is 0 Å². The van der Waals surface area contributed by atoms with E-state index in [1.54, 1.807) is 7.11 Å². The summed E-state index contributed by atoms with van der Waals surface area (Å²) in [6, 6.07) is 8.46. The highest BCUT2D eigenvalue weighted by molar-refractivity contribution is 5.31. The molecule has 3 heteroatoms. The van der Waals surface area contributed by atoms with Crippen LogP contribution in [0.1, 0.15) is 49.3 Å². The molecule has 1 aromatic rings. The minimum absolute atomic E-state index is 0.0454. The number of ether oxygens (including phenoxy) is 2. The molecule has 1 unspecified atom stereocenters. The van der Waals surface area contributed by atoms with E-state index < -0.39 is 5.60 Å². The molecule has 110 valence electrons. The predicted molar refractivity (Wildman–Crippen MR) is 77.7 cm³/mol. The van der Waals surface area contributed by atoms with Crippen molar-refractivity contribution in [1.82, 2.24) is 0 Å². The van der Waals surface area contributed by atoms with Gasteiger partial charge in [0.15, 0.2) is 0 Å². The average Bonchev–Trinajstić information content (AvgIpc) is 2.48. The second kappa shape index (κ2) is 5.84. The molecule has 1 aromatic carbocycles. The van der Waals surface area contributed by atoms with E-state index in [1.807, 2.05) is 0 Å². The first-order chi connectivity index (χ1) is 9.70. The van der Waals surface area contributed by atoms with Gasteiger partial charge in [0.05, 0.1) is 24.4 Å². The van der Waals surface area contributed by atoms with Crippen molar-refractivity contribution in [3.05, 3.63) is 35.4 Å². The summed E-state index contributed by atoms with van der Waals surface area (Å²) in [5.41, 5.74) is 2.04. The van der Waals surface area contributed by atoms with Gasteiger partial charge in [0.25, 0.3) is 0 Å². The van der Waals surface area contributed by atoms with Crippen LogP contribution in [0.25, 0.3) is 0 Å². The lowest BCUT2D eigenvalue weighted by molar-refractivity contribution is -0.0853. The van der Waals surface area contributed by atoms with Crippen LogP contribution in [0.4, 0.5) is 0 Å². The van der Waals surface area contributed by atoms with Gasteiger partial charge < -0.3 is 14.6 Å². The summed E-state index contributed by atoms with van der Waals surface area (Å²) in [7, 11) is 1.76. The van der Waals surface area contributed by atoms with E-state index in [0.717, 1.165) is 38.7 Å². The third kappa shape index (κ3) is 2.90. The van der Waals surface area contributed by atoms with E-state index in [4.69, 9.17) is 9.47 Å². The highest BCUT2D eigenvalue weighted by Gasteiger charge is 2.37. The molecule has 2 aliphatic rings. The van der Waals surface area contributed by atoms with E-state index in [9.17, 15) is 5.11 Å². The van der Waals surface area contributed by atoms with Crippen molar-refractivity contribution in [2.45, 2.75) is 56.3 Å². The topological polar surface area (TPSA) is 38.7 Å².